The van der Waals surface area contributed by atoms with E-state index in [0.29, 0.717) is 17.0 Å². The molecule has 1 saturated heterocycles. The molecule has 4 heterocycles. The van der Waals surface area contributed by atoms with Crippen LogP contribution in [0.1, 0.15) is 24.8 Å². The van der Waals surface area contributed by atoms with Gasteiger partial charge in [0, 0.05) is 42.8 Å². The molecule has 5 heteroatoms. The highest BCUT2D eigenvalue weighted by atomic mass is 35.5. The fraction of sp³-hybridized carbons (Fsp3) is 0.400. The van der Waals surface area contributed by atoms with Crippen LogP contribution in [0.2, 0.25) is 5.02 Å². The smallest absolute Gasteiger partial charge is 0.0900 e. The van der Waals surface area contributed by atoms with Gasteiger partial charge in [-0.3, -0.25) is 9.98 Å². The van der Waals surface area contributed by atoms with Crippen molar-refractivity contribution in [2.75, 3.05) is 6.54 Å². The third-order valence-corrected chi connectivity index (χ3v) is 4.35. The Morgan fingerprint density at radius 2 is 2.20 bits per heavy atom. The Hall–Kier alpha value is -1.68. The minimum absolute atomic E-state index is 0.375. The second kappa shape index (κ2) is 4.70. The number of hydrogen-bond acceptors (Lipinski definition) is 4. The molecule has 0 spiro atoms. The first kappa shape index (κ1) is 12.1. The van der Waals surface area contributed by atoms with Crippen LogP contribution in [0, 0.1) is 5.92 Å². The fourth-order valence-corrected chi connectivity index (χ4v) is 3.34. The molecular formula is C15H15ClN4. The number of nitrogens with zero attached hydrogens (tertiary/aromatic N) is 3. The fourth-order valence-electron chi connectivity index (χ4n) is 3.17. The molecule has 4 nitrogen and oxygen atoms in total. The number of rotatable bonds is 1. The molecule has 1 aromatic rings. The quantitative estimate of drug-likeness (QED) is 0.863. The Kier molecular flexibility index (Phi) is 2.84. The summed E-state index contributed by atoms with van der Waals surface area (Å²) >= 11 is 6.03. The Bertz CT molecular complexity index is 647. The van der Waals surface area contributed by atoms with Crippen molar-refractivity contribution >= 4 is 23.5 Å². The number of fused-ring (bicyclic) bond motifs is 1. The zero-order chi connectivity index (χ0) is 13.5. The van der Waals surface area contributed by atoms with Crippen molar-refractivity contribution < 1.29 is 0 Å². The SMILES string of the molecule is Clc1cncc(C2=NC3=C4CC(C[C@H](CN4)C3)N=C2)c1. The summed E-state index contributed by atoms with van der Waals surface area (Å²) in [5.41, 5.74) is 4.25. The molecule has 0 saturated carbocycles. The molecule has 3 aliphatic heterocycles. The van der Waals surface area contributed by atoms with Crippen molar-refractivity contribution in [1.82, 2.24) is 10.3 Å². The molecule has 1 fully saturated rings. The first-order valence-electron chi connectivity index (χ1n) is 6.96. The topological polar surface area (TPSA) is 49.6 Å². The summed E-state index contributed by atoms with van der Waals surface area (Å²) in [5, 5.41) is 4.15. The molecule has 4 aliphatic rings. The molecular weight excluding hydrogens is 272 g/mol. The zero-order valence-electron chi connectivity index (χ0n) is 11.0. The first-order valence-corrected chi connectivity index (χ1v) is 7.34. The minimum atomic E-state index is 0.375. The number of pyridine rings is 1. The number of nitrogens with one attached hydrogen (secondary N) is 1. The van der Waals surface area contributed by atoms with E-state index in [-0.39, 0.29) is 0 Å². The van der Waals surface area contributed by atoms with Crippen LogP contribution in [0.3, 0.4) is 0 Å². The van der Waals surface area contributed by atoms with Gasteiger partial charge in [0.15, 0.2) is 0 Å². The number of hydrogen-bond donors (Lipinski definition) is 1. The monoisotopic (exact) mass is 286 g/mol. The third-order valence-electron chi connectivity index (χ3n) is 4.14. The van der Waals surface area contributed by atoms with Gasteiger partial charge < -0.3 is 5.32 Å². The zero-order valence-corrected chi connectivity index (χ0v) is 11.8. The van der Waals surface area contributed by atoms with E-state index in [1.807, 2.05) is 12.3 Å². The predicted octanol–water partition coefficient (Wildman–Crippen LogP) is 2.59. The van der Waals surface area contributed by atoms with Gasteiger partial charge in [0.1, 0.15) is 0 Å². The van der Waals surface area contributed by atoms with E-state index in [4.69, 9.17) is 21.6 Å². The predicted molar refractivity (Wildman–Crippen MR) is 80.4 cm³/mol. The summed E-state index contributed by atoms with van der Waals surface area (Å²) in [7, 11) is 0. The van der Waals surface area contributed by atoms with Gasteiger partial charge in [0.05, 0.1) is 22.5 Å². The van der Waals surface area contributed by atoms with Crippen molar-refractivity contribution in [3.63, 3.8) is 0 Å². The second-order valence-corrected chi connectivity index (χ2v) is 6.07. The van der Waals surface area contributed by atoms with Gasteiger partial charge in [0.2, 0.25) is 0 Å². The van der Waals surface area contributed by atoms with Crippen molar-refractivity contribution in [3.05, 3.63) is 40.4 Å². The lowest BCUT2D eigenvalue weighted by Crippen LogP contribution is -2.26. The van der Waals surface area contributed by atoms with Crippen molar-refractivity contribution in [3.8, 4) is 0 Å². The van der Waals surface area contributed by atoms with Crippen LogP contribution in [-0.4, -0.2) is 29.5 Å². The Labute approximate surface area is 122 Å². The van der Waals surface area contributed by atoms with Crippen LogP contribution in [0.15, 0.2) is 39.8 Å². The van der Waals surface area contributed by atoms with E-state index in [1.165, 1.54) is 11.4 Å². The van der Waals surface area contributed by atoms with E-state index in [9.17, 15) is 0 Å². The van der Waals surface area contributed by atoms with Crippen molar-refractivity contribution in [1.29, 1.82) is 0 Å². The van der Waals surface area contributed by atoms with Crippen LogP contribution in [0.4, 0.5) is 0 Å². The minimum Gasteiger partial charge on any atom is -0.387 e. The summed E-state index contributed by atoms with van der Waals surface area (Å²) in [6, 6.07) is 2.27. The van der Waals surface area contributed by atoms with Crippen LogP contribution < -0.4 is 5.32 Å². The van der Waals surface area contributed by atoms with Crippen LogP contribution in [0.25, 0.3) is 0 Å². The summed E-state index contributed by atoms with van der Waals surface area (Å²) in [5.74, 6) is 0.652. The summed E-state index contributed by atoms with van der Waals surface area (Å²) < 4.78 is 0. The summed E-state index contributed by atoms with van der Waals surface area (Å²) in [4.78, 5) is 13.7. The highest BCUT2D eigenvalue weighted by Gasteiger charge is 2.30. The molecule has 5 rings (SSSR count). The number of halogens is 1. The molecule has 0 radical (unpaired) electrons. The molecule has 4 bridgehead atoms. The van der Waals surface area contributed by atoms with E-state index < -0.39 is 0 Å². The van der Waals surface area contributed by atoms with E-state index in [1.54, 1.807) is 12.4 Å². The lowest BCUT2D eigenvalue weighted by atomic mass is 9.97. The molecule has 20 heavy (non-hydrogen) atoms. The standard InChI is InChI=1S/C15H15ClN4/c16-11-3-10(6-17-7-11)15-8-18-12-1-9-2-14(20-15)13(4-12)19-5-9/h3,6-9,12,19H,1-2,4-5H2/t9-,12?/m0/s1. The van der Waals surface area contributed by atoms with Gasteiger partial charge in [0.25, 0.3) is 0 Å². The first-order chi connectivity index (χ1) is 9.78. The Morgan fingerprint density at radius 3 is 3.10 bits per heavy atom. The Balaban J connectivity index is 1.82. The maximum Gasteiger partial charge on any atom is 0.0900 e. The van der Waals surface area contributed by atoms with Gasteiger partial charge in [-0.1, -0.05) is 11.6 Å². The summed E-state index contributed by atoms with van der Waals surface area (Å²) in [6.07, 6.45) is 8.51. The molecule has 1 N–H and O–H groups in total. The second-order valence-electron chi connectivity index (χ2n) is 5.64. The molecule has 102 valence electrons. The van der Waals surface area contributed by atoms with Crippen molar-refractivity contribution in [2.24, 2.45) is 15.9 Å². The summed E-state index contributed by atoms with van der Waals surface area (Å²) in [6.45, 7) is 1.06. The molecule has 1 unspecified atom stereocenters. The van der Waals surface area contributed by atoms with Crippen LogP contribution in [0.5, 0.6) is 0 Å². The van der Waals surface area contributed by atoms with E-state index in [0.717, 1.165) is 37.1 Å². The van der Waals surface area contributed by atoms with Gasteiger partial charge in [-0.15, -0.1) is 0 Å². The average Bonchev–Trinajstić information content (AvgIpc) is 2.69. The molecule has 0 amide bonds. The maximum absolute atomic E-state index is 6.03. The lowest BCUT2D eigenvalue weighted by molar-refractivity contribution is 0.443. The normalized spacial score (nSPS) is 27.8. The highest BCUT2D eigenvalue weighted by molar-refractivity contribution is 6.39. The van der Waals surface area contributed by atoms with Gasteiger partial charge >= 0.3 is 0 Å². The lowest BCUT2D eigenvalue weighted by Gasteiger charge is -2.22. The van der Waals surface area contributed by atoms with Crippen LogP contribution in [-0.2, 0) is 0 Å². The molecule has 1 aromatic heterocycles. The average molecular weight is 287 g/mol. The van der Waals surface area contributed by atoms with E-state index in [2.05, 4.69) is 10.3 Å². The number of aliphatic imine (C=N–C) groups is 2. The number of allylic oxidation sites excluding steroid dienone is 1. The van der Waals surface area contributed by atoms with Gasteiger partial charge in [-0.2, -0.15) is 0 Å². The Morgan fingerprint density at radius 1 is 1.25 bits per heavy atom. The number of aromatic nitrogens is 1. The van der Waals surface area contributed by atoms with Crippen LogP contribution >= 0.6 is 11.6 Å². The molecule has 0 aromatic carbocycles. The highest BCUT2D eigenvalue weighted by Crippen LogP contribution is 2.34. The maximum atomic E-state index is 6.03. The molecule has 1 aliphatic carbocycles. The third kappa shape index (κ3) is 2.14. The van der Waals surface area contributed by atoms with Gasteiger partial charge in [-0.05, 0) is 24.8 Å². The van der Waals surface area contributed by atoms with E-state index >= 15 is 0 Å². The van der Waals surface area contributed by atoms with Gasteiger partial charge in [-0.25, -0.2) is 4.99 Å². The van der Waals surface area contributed by atoms with Crippen molar-refractivity contribution in [2.45, 2.75) is 25.3 Å². The molecule has 2 atom stereocenters. The largest absolute Gasteiger partial charge is 0.387 e.